The summed E-state index contributed by atoms with van der Waals surface area (Å²) in [4.78, 5) is 12.4. The molecule has 1 amide bonds. The van der Waals surface area contributed by atoms with Crippen molar-refractivity contribution in [3.8, 4) is 0 Å². The molecule has 0 bridgehead atoms. The molecule has 1 fully saturated rings. The highest BCUT2D eigenvalue weighted by molar-refractivity contribution is 7.10. The minimum absolute atomic E-state index is 0.134. The van der Waals surface area contributed by atoms with Crippen LogP contribution >= 0.6 is 11.3 Å². The van der Waals surface area contributed by atoms with Gasteiger partial charge in [0.05, 0.1) is 5.92 Å². The van der Waals surface area contributed by atoms with Crippen molar-refractivity contribution in [2.75, 3.05) is 6.54 Å². The Morgan fingerprint density at radius 3 is 3.09 bits per heavy atom. The number of amides is 1. The van der Waals surface area contributed by atoms with Gasteiger partial charge >= 0.3 is 0 Å². The number of thiophene rings is 1. The first-order chi connectivity index (χ1) is 5.38. The van der Waals surface area contributed by atoms with E-state index in [1.54, 1.807) is 11.3 Å². The first-order valence-electron chi connectivity index (χ1n) is 3.69. The molecule has 0 aliphatic carbocycles. The fraction of sp³-hybridized carbons (Fsp3) is 0.375. The summed E-state index contributed by atoms with van der Waals surface area (Å²) in [6.07, 6.45) is 0.958. The van der Waals surface area contributed by atoms with Crippen LogP contribution in [-0.2, 0) is 4.79 Å². The summed E-state index contributed by atoms with van der Waals surface area (Å²) in [7, 11) is 0. The lowest BCUT2D eigenvalue weighted by Crippen LogP contribution is -2.17. The molecule has 1 N–H and O–H groups in total. The SMILES string of the molecule is O=C1NCC[C@H]1c1cccs1. The second-order valence-electron chi connectivity index (χ2n) is 2.65. The molecule has 0 aromatic carbocycles. The summed E-state index contributed by atoms with van der Waals surface area (Å²) in [6, 6.07) is 4.02. The van der Waals surface area contributed by atoms with E-state index in [0.29, 0.717) is 0 Å². The van der Waals surface area contributed by atoms with Crippen molar-refractivity contribution in [2.24, 2.45) is 0 Å². The Labute approximate surface area is 69.2 Å². The average molecular weight is 167 g/mol. The average Bonchev–Trinajstić information content (AvgIpc) is 2.55. The van der Waals surface area contributed by atoms with Gasteiger partial charge in [-0.1, -0.05) is 6.07 Å². The Morgan fingerprint density at radius 2 is 2.55 bits per heavy atom. The van der Waals surface area contributed by atoms with Crippen LogP contribution in [0.4, 0.5) is 0 Å². The van der Waals surface area contributed by atoms with Crippen LogP contribution in [0.1, 0.15) is 17.2 Å². The number of hydrogen-bond donors (Lipinski definition) is 1. The second-order valence-corrected chi connectivity index (χ2v) is 3.63. The Hall–Kier alpha value is -0.830. The van der Waals surface area contributed by atoms with Gasteiger partial charge in [0.1, 0.15) is 0 Å². The Kier molecular flexibility index (Phi) is 1.66. The van der Waals surface area contributed by atoms with E-state index in [1.165, 1.54) is 4.88 Å². The summed E-state index contributed by atoms with van der Waals surface area (Å²) in [5.74, 6) is 0.322. The Bertz CT molecular complexity index is 255. The van der Waals surface area contributed by atoms with Gasteiger partial charge in [-0.2, -0.15) is 0 Å². The van der Waals surface area contributed by atoms with E-state index in [9.17, 15) is 4.79 Å². The molecule has 1 atom stereocenters. The van der Waals surface area contributed by atoms with Crippen LogP contribution in [0.3, 0.4) is 0 Å². The Morgan fingerprint density at radius 1 is 1.64 bits per heavy atom. The standard InChI is InChI=1S/C8H9NOS/c10-8-6(3-4-9-8)7-2-1-5-11-7/h1-2,5-6H,3-4H2,(H,9,10)/t6-/m0/s1. The van der Waals surface area contributed by atoms with Crippen molar-refractivity contribution in [1.29, 1.82) is 0 Å². The molecule has 11 heavy (non-hydrogen) atoms. The van der Waals surface area contributed by atoms with Crippen molar-refractivity contribution >= 4 is 17.2 Å². The maximum absolute atomic E-state index is 11.2. The van der Waals surface area contributed by atoms with Crippen LogP contribution in [0.5, 0.6) is 0 Å². The van der Waals surface area contributed by atoms with Gasteiger partial charge in [0.25, 0.3) is 0 Å². The topological polar surface area (TPSA) is 29.1 Å². The lowest BCUT2D eigenvalue weighted by atomic mass is 10.1. The van der Waals surface area contributed by atoms with Crippen LogP contribution in [0, 0.1) is 0 Å². The maximum atomic E-state index is 11.2. The summed E-state index contributed by atoms with van der Waals surface area (Å²) in [6.45, 7) is 0.835. The van der Waals surface area contributed by atoms with Crippen molar-refractivity contribution < 1.29 is 4.79 Å². The van der Waals surface area contributed by atoms with E-state index in [1.807, 2.05) is 17.5 Å². The quantitative estimate of drug-likeness (QED) is 0.672. The van der Waals surface area contributed by atoms with Crippen molar-refractivity contribution in [3.05, 3.63) is 22.4 Å². The van der Waals surface area contributed by atoms with Gasteiger partial charge < -0.3 is 5.32 Å². The van der Waals surface area contributed by atoms with Crippen LogP contribution < -0.4 is 5.32 Å². The smallest absolute Gasteiger partial charge is 0.228 e. The van der Waals surface area contributed by atoms with Gasteiger partial charge in [0.2, 0.25) is 5.91 Å². The van der Waals surface area contributed by atoms with Crippen molar-refractivity contribution in [3.63, 3.8) is 0 Å². The molecule has 1 aliphatic heterocycles. The van der Waals surface area contributed by atoms with E-state index < -0.39 is 0 Å². The highest BCUT2D eigenvalue weighted by Gasteiger charge is 2.25. The van der Waals surface area contributed by atoms with E-state index >= 15 is 0 Å². The lowest BCUT2D eigenvalue weighted by molar-refractivity contribution is -0.120. The van der Waals surface area contributed by atoms with E-state index in [-0.39, 0.29) is 11.8 Å². The summed E-state index contributed by atoms with van der Waals surface area (Å²) in [5, 5.41) is 4.84. The van der Waals surface area contributed by atoms with Gasteiger partial charge in [-0.3, -0.25) is 4.79 Å². The van der Waals surface area contributed by atoms with E-state index in [2.05, 4.69) is 5.32 Å². The highest BCUT2D eigenvalue weighted by Crippen LogP contribution is 2.26. The second kappa shape index (κ2) is 2.66. The molecular weight excluding hydrogens is 158 g/mol. The molecule has 1 saturated heterocycles. The Balaban J connectivity index is 2.23. The minimum Gasteiger partial charge on any atom is -0.356 e. The molecule has 0 radical (unpaired) electrons. The number of nitrogens with one attached hydrogen (secondary N) is 1. The number of hydrogen-bond acceptors (Lipinski definition) is 2. The molecule has 1 aromatic rings. The fourth-order valence-corrected chi connectivity index (χ4v) is 2.22. The first kappa shape index (κ1) is 6.85. The fourth-order valence-electron chi connectivity index (χ4n) is 1.36. The zero-order valence-corrected chi connectivity index (χ0v) is 6.86. The number of carbonyl (C=O) groups excluding carboxylic acids is 1. The van der Waals surface area contributed by atoms with Crippen LogP contribution in [0.25, 0.3) is 0 Å². The summed E-state index contributed by atoms with van der Waals surface area (Å²) < 4.78 is 0. The van der Waals surface area contributed by atoms with Gasteiger partial charge in [-0.25, -0.2) is 0 Å². The van der Waals surface area contributed by atoms with Crippen LogP contribution in [-0.4, -0.2) is 12.5 Å². The van der Waals surface area contributed by atoms with Gasteiger partial charge in [0.15, 0.2) is 0 Å². The number of carbonyl (C=O) groups is 1. The van der Waals surface area contributed by atoms with E-state index in [4.69, 9.17) is 0 Å². The molecule has 2 rings (SSSR count). The highest BCUT2D eigenvalue weighted by atomic mass is 32.1. The largest absolute Gasteiger partial charge is 0.356 e. The molecule has 0 spiro atoms. The number of rotatable bonds is 1. The normalized spacial score (nSPS) is 23.6. The van der Waals surface area contributed by atoms with Crippen LogP contribution in [0.15, 0.2) is 17.5 Å². The molecule has 0 unspecified atom stereocenters. The third kappa shape index (κ3) is 1.16. The third-order valence-corrected chi connectivity index (χ3v) is 2.92. The maximum Gasteiger partial charge on any atom is 0.228 e. The van der Waals surface area contributed by atoms with Gasteiger partial charge in [-0.05, 0) is 17.9 Å². The lowest BCUT2D eigenvalue weighted by Gasteiger charge is -2.00. The predicted octanol–water partition coefficient (Wildman–Crippen LogP) is 1.35. The summed E-state index contributed by atoms with van der Waals surface area (Å²) >= 11 is 1.66. The monoisotopic (exact) mass is 167 g/mol. The zero-order valence-electron chi connectivity index (χ0n) is 6.04. The third-order valence-electron chi connectivity index (χ3n) is 1.94. The van der Waals surface area contributed by atoms with Crippen molar-refractivity contribution in [2.45, 2.75) is 12.3 Å². The van der Waals surface area contributed by atoms with Gasteiger partial charge in [0, 0.05) is 11.4 Å². The molecule has 1 aromatic heterocycles. The molecule has 1 aliphatic rings. The molecule has 0 saturated carbocycles. The van der Waals surface area contributed by atoms with E-state index in [0.717, 1.165) is 13.0 Å². The summed E-state index contributed by atoms with van der Waals surface area (Å²) in [5.41, 5.74) is 0. The zero-order chi connectivity index (χ0) is 7.68. The molecule has 3 heteroatoms. The first-order valence-corrected chi connectivity index (χ1v) is 4.57. The van der Waals surface area contributed by atoms with Crippen molar-refractivity contribution in [1.82, 2.24) is 5.32 Å². The molecular formula is C8H9NOS. The predicted molar refractivity (Wildman–Crippen MR) is 44.7 cm³/mol. The minimum atomic E-state index is 0.134. The molecule has 2 heterocycles. The molecule has 2 nitrogen and oxygen atoms in total. The van der Waals surface area contributed by atoms with Gasteiger partial charge in [-0.15, -0.1) is 11.3 Å². The van der Waals surface area contributed by atoms with Crippen LogP contribution in [0.2, 0.25) is 0 Å². The molecule has 58 valence electrons.